The lowest BCUT2D eigenvalue weighted by Gasteiger charge is -2.53. The molecule has 2 fully saturated rings. The van der Waals surface area contributed by atoms with Crippen LogP contribution in [0.25, 0.3) is 0 Å². The zero-order valence-corrected chi connectivity index (χ0v) is 15.7. The highest BCUT2D eigenvalue weighted by atomic mass is 16.6. The van der Waals surface area contributed by atoms with Crippen molar-refractivity contribution in [2.75, 3.05) is 32.8 Å². The van der Waals surface area contributed by atoms with E-state index in [1.165, 1.54) is 10.6 Å². The second kappa shape index (κ2) is 6.42. The first-order valence-electron chi connectivity index (χ1n) is 8.67. The van der Waals surface area contributed by atoms with E-state index in [1.807, 2.05) is 20.8 Å². The predicted molar refractivity (Wildman–Crippen MR) is 94.1 cm³/mol. The van der Waals surface area contributed by atoms with Gasteiger partial charge in [-0.05, 0) is 26.8 Å². The Morgan fingerprint density at radius 3 is 2.46 bits per heavy atom. The van der Waals surface area contributed by atoms with Crippen molar-refractivity contribution >= 4 is 12.0 Å². The van der Waals surface area contributed by atoms with Gasteiger partial charge in [-0.15, -0.1) is 0 Å². The first-order chi connectivity index (χ1) is 12.1. The van der Waals surface area contributed by atoms with Crippen LogP contribution < -0.4 is 5.56 Å². The zero-order valence-electron chi connectivity index (χ0n) is 15.7. The number of morpholine rings is 1. The average Bonchev–Trinajstić information content (AvgIpc) is 2.53. The molecule has 3 heterocycles. The number of likely N-dealkylation sites (tertiary alicyclic amines) is 1. The smallest absolute Gasteiger partial charge is 0.410 e. The Hall–Kier alpha value is -2.35. The maximum Gasteiger partial charge on any atom is 0.410 e. The Morgan fingerprint density at radius 1 is 1.15 bits per heavy atom. The molecule has 26 heavy (non-hydrogen) atoms. The van der Waals surface area contributed by atoms with Crippen LogP contribution in [-0.4, -0.2) is 70.4 Å². The molecule has 142 valence electrons. The van der Waals surface area contributed by atoms with E-state index in [1.54, 1.807) is 29.0 Å². The molecule has 8 nitrogen and oxygen atoms in total. The molecule has 1 aromatic heterocycles. The molecule has 0 unspecified atom stereocenters. The van der Waals surface area contributed by atoms with E-state index in [2.05, 4.69) is 0 Å². The molecule has 8 heteroatoms. The van der Waals surface area contributed by atoms with E-state index in [9.17, 15) is 14.4 Å². The number of aromatic nitrogens is 1. The molecule has 2 aliphatic heterocycles. The van der Waals surface area contributed by atoms with Crippen LogP contribution in [0.5, 0.6) is 0 Å². The largest absolute Gasteiger partial charge is 0.444 e. The fraction of sp³-hybridized carbons (Fsp3) is 0.611. The number of rotatable bonds is 1. The van der Waals surface area contributed by atoms with Gasteiger partial charge < -0.3 is 23.8 Å². The normalized spacial score (nSPS) is 19.2. The number of hydrogen-bond acceptors (Lipinski definition) is 5. The van der Waals surface area contributed by atoms with Crippen LogP contribution >= 0.6 is 0 Å². The third-order valence-corrected chi connectivity index (χ3v) is 4.55. The third kappa shape index (κ3) is 3.60. The molecule has 0 bridgehead atoms. The summed E-state index contributed by atoms with van der Waals surface area (Å²) < 4.78 is 12.6. The molecule has 2 amide bonds. The number of hydrogen-bond donors (Lipinski definition) is 0. The van der Waals surface area contributed by atoms with Gasteiger partial charge in [-0.3, -0.25) is 9.59 Å². The van der Waals surface area contributed by atoms with Crippen LogP contribution in [0.3, 0.4) is 0 Å². The van der Waals surface area contributed by atoms with Gasteiger partial charge in [0.05, 0.1) is 26.2 Å². The van der Waals surface area contributed by atoms with E-state index < -0.39 is 11.2 Å². The van der Waals surface area contributed by atoms with Gasteiger partial charge >= 0.3 is 6.09 Å². The highest BCUT2D eigenvalue weighted by Crippen LogP contribution is 2.30. The molecular formula is C18H25N3O5. The monoisotopic (exact) mass is 363 g/mol. The number of carbonyl (C=O) groups excluding carboxylic acids is 2. The summed E-state index contributed by atoms with van der Waals surface area (Å²) in [5.41, 5.74) is -0.996. The Kier molecular flexibility index (Phi) is 4.56. The van der Waals surface area contributed by atoms with E-state index in [0.29, 0.717) is 38.5 Å². The van der Waals surface area contributed by atoms with Crippen LogP contribution in [0.15, 0.2) is 23.0 Å². The quantitative estimate of drug-likeness (QED) is 0.739. The lowest BCUT2D eigenvalue weighted by atomic mass is 9.91. The number of pyridine rings is 1. The zero-order chi connectivity index (χ0) is 19.1. The van der Waals surface area contributed by atoms with Crippen molar-refractivity contribution < 1.29 is 19.1 Å². The Morgan fingerprint density at radius 2 is 1.81 bits per heavy atom. The van der Waals surface area contributed by atoms with Gasteiger partial charge in [0.1, 0.15) is 16.9 Å². The summed E-state index contributed by atoms with van der Waals surface area (Å²) in [4.78, 5) is 39.9. The molecule has 0 N–H and O–H groups in total. The summed E-state index contributed by atoms with van der Waals surface area (Å²) in [6, 6.07) is 4.62. The molecule has 3 rings (SSSR count). The molecule has 0 aliphatic carbocycles. The molecular weight excluding hydrogens is 338 g/mol. The van der Waals surface area contributed by atoms with Crippen molar-refractivity contribution in [3.63, 3.8) is 0 Å². The molecule has 0 radical (unpaired) electrons. The highest BCUT2D eigenvalue weighted by Gasteiger charge is 2.50. The lowest BCUT2D eigenvalue weighted by molar-refractivity contribution is -0.168. The van der Waals surface area contributed by atoms with Gasteiger partial charge in [0.2, 0.25) is 0 Å². The number of carbonyl (C=O) groups is 2. The molecule has 0 saturated carbocycles. The van der Waals surface area contributed by atoms with Crippen LogP contribution in [0.1, 0.15) is 31.3 Å². The highest BCUT2D eigenvalue weighted by molar-refractivity contribution is 5.93. The molecule has 0 atom stereocenters. The summed E-state index contributed by atoms with van der Waals surface area (Å²) in [5.74, 6) is -0.214. The number of ether oxygens (including phenoxy) is 2. The van der Waals surface area contributed by atoms with Crippen LogP contribution in [0.4, 0.5) is 4.79 Å². The summed E-state index contributed by atoms with van der Waals surface area (Å²) in [6.45, 7) is 7.52. The average molecular weight is 363 g/mol. The fourth-order valence-corrected chi connectivity index (χ4v) is 3.25. The lowest BCUT2D eigenvalue weighted by Crippen LogP contribution is -2.71. The third-order valence-electron chi connectivity index (χ3n) is 4.55. The minimum atomic E-state index is -0.557. The summed E-state index contributed by atoms with van der Waals surface area (Å²) in [6.07, 6.45) is -0.365. The molecule has 2 aliphatic rings. The molecule has 2 saturated heterocycles. The van der Waals surface area contributed by atoms with Gasteiger partial charge in [0.15, 0.2) is 0 Å². The van der Waals surface area contributed by atoms with E-state index >= 15 is 0 Å². The first kappa shape index (κ1) is 18.4. The Balaban J connectivity index is 1.64. The summed E-state index contributed by atoms with van der Waals surface area (Å²) in [7, 11) is 1.58. The topological polar surface area (TPSA) is 81.1 Å². The van der Waals surface area contributed by atoms with Crippen molar-refractivity contribution in [1.29, 1.82) is 0 Å². The standard InChI is InChI=1S/C18H25N3O5/c1-17(2,3)26-16(24)20-8-9-25-18(10-20)11-21(12-18)15(23)13-6-5-7-14(22)19(13)4/h5-7H,8-12H2,1-4H3. The maximum atomic E-state index is 12.6. The summed E-state index contributed by atoms with van der Waals surface area (Å²) in [5, 5.41) is 0. The second-order valence-corrected chi connectivity index (χ2v) is 7.90. The number of nitrogens with zero attached hydrogens (tertiary/aromatic N) is 3. The van der Waals surface area contributed by atoms with Crippen molar-refractivity contribution in [1.82, 2.24) is 14.4 Å². The molecule has 0 aromatic carbocycles. The van der Waals surface area contributed by atoms with Crippen molar-refractivity contribution in [2.45, 2.75) is 32.0 Å². The van der Waals surface area contributed by atoms with Gasteiger partial charge in [0, 0.05) is 19.7 Å². The number of amides is 2. The second-order valence-electron chi connectivity index (χ2n) is 7.90. The molecule has 1 spiro atoms. The van der Waals surface area contributed by atoms with E-state index in [-0.39, 0.29) is 17.6 Å². The van der Waals surface area contributed by atoms with Crippen molar-refractivity contribution in [3.8, 4) is 0 Å². The van der Waals surface area contributed by atoms with Crippen molar-refractivity contribution in [3.05, 3.63) is 34.2 Å². The minimum absolute atomic E-state index is 0.214. The van der Waals surface area contributed by atoms with Gasteiger partial charge in [0.25, 0.3) is 11.5 Å². The van der Waals surface area contributed by atoms with Gasteiger partial charge in [-0.2, -0.15) is 0 Å². The van der Waals surface area contributed by atoms with Crippen molar-refractivity contribution in [2.24, 2.45) is 7.05 Å². The summed E-state index contributed by atoms with van der Waals surface area (Å²) >= 11 is 0. The van der Waals surface area contributed by atoms with Crippen LogP contribution in [0.2, 0.25) is 0 Å². The fourth-order valence-electron chi connectivity index (χ4n) is 3.25. The first-order valence-corrected chi connectivity index (χ1v) is 8.67. The molecule has 1 aromatic rings. The Bertz CT molecular complexity index is 774. The van der Waals surface area contributed by atoms with E-state index in [4.69, 9.17) is 9.47 Å². The minimum Gasteiger partial charge on any atom is -0.444 e. The van der Waals surface area contributed by atoms with Crippen LogP contribution in [0, 0.1) is 0 Å². The van der Waals surface area contributed by atoms with Gasteiger partial charge in [-0.1, -0.05) is 6.07 Å². The van der Waals surface area contributed by atoms with Gasteiger partial charge in [-0.25, -0.2) is 4.79 Å². The Labute approximate surface area is 152 Å². The maximum absolute atomic E-state index is 12.6. The predicted octanol–water partition coefficient (Wildman–Crippen LogP) is 0.847. The van der Waals surface area contributed by atoms with Crippen LogP contribution in [-0.2, 0) is 16.5 Å². The van der Waals surface area contributed by atoms with E-state index in [0.717, 1.165) is 0 Å². The SMILES string of the molecule is Cn1c(C(=O)N2CC3(CN(C(=O)OC(C)(C)C)CCO3)C2)cccc1=O.